The van der Waals surface area contributed by atoms with Crippen LogP contribution in [0.15, 0.2) is 65.5 Å². The molecule has 3 rings (SSSR count). The third kappa shape index (κ3) is 2.96. The van der Waals surface area contributed by atoms with Gasteiger partial charge in [-0.2, -0.15) is 9.83 Å². The minimum absolute atomic E-state index is 0.273. The number of halogens is 1. The number of allylic oxidation sites excluding steroid dienone is 1. The first-order valence-electron chi connectivity index (χ1n) is 7.47. The quantitative estimate of drug-likeness (QED) is 0.640. The molecule has 1 aromatic heterocycles. The van der Waals surface area contributed by atoms with Crippen molar-refractivity contribution in [2.45, 2.75) is 24.6 Å². The van der Waals surface area contributed by atoms with E-state index in [1.807, 2.05) is 47.3 Å². The molecule has 3 atom stereocenters. The summed E-state index contributed by atoms with van der Waals surface area (Å²) in [5.74, 6) is -0.386. The molecule has 0 bridgehead atoms. The van der Waals surface area contributed by atoms with Gasteiger partial charge in [0.15, 0.2) is 18.1 Å². The normalized spacial score (nSPS) is 26.6. The van der Waals surface area contributed by atoms with Gasteiger partial charge in [0, 0.05) is 22.7 Å². The molecule has 0 aliphatic carbocycles. The molecular formula is C18H16ClN3OS. The average molecular weight is 358 g/mol. The zero-order valence-electron chi connectivity index (χ0n) is 13.0. The van der Waals surface area contributed by atoms with Crippen molar-refractivity contribution in [2.75, 3.05) is 0 Å². The minimum Gasteiger partial charge on any atom is -0.762 e. The molecular weight excluding hydrogens is 342 g/mol. The maximum Gasteiger partial charge on any atom is 0.216 e. The SMILES string of the molecule is C[C@]1(O)NC([S-])=C(C#N)[C@H](c2ccc(Cl)cc2)[C@H]1[n+]1ccccc1. The van der Waals surface area contributed by atoms with E-state index in [0.717, 1.165) is 5.56 Å². The molecule has 0 amide bonds. The fourth-order valence-corrected chi connectivity index (χ4v) is 3.70. The van der Waals surface area contributed by atoms with Gasteiger partial charge in [-0.1, -0.05) is 34.8 Å². The van der Waals surface area contributed by atoms with Gasteiger partial charge in [-0.15, -0.1) is 0 Å². The third-order valence-corrected chi connectivity index (χ3v) is 4.80. The molecule has 2 N–H and O–H groups in total. The Labute approximate surface area is 151 Å². The van der Waals surface area contributed by atoms with Gasteiger partial charge in [0.25, 0.3) is 0 Å². The standard InChI is InChI=1S/C18H16ClN3OS/c1-18(23)16(22-9-3-2-4-10-22)15(14(11-20)17(24)21-18)12-5-7-13(19)8-6-12/h2-10,15-16,21,23H,1H3/t15-,16+,18+/m0/s1. The maximum atomic E-state index is 11.0. The Hall–Kier alpha value is -2.13. The first-order chi connectivity index (χ1) is 11.4. The molecule has 1 aliphatic heterocycles. The van der Waals surface area contributed by atoms with Crippen LogP contribution in [0, 0.1) is 11.3 Å². The van der Waals surface area contributed by atoms with Gasteiger partial charge in [0.2, 0.25) is 6.04 Å². The van der Waals surface area contributed by atoms with Crippen LogP contribution in [0.3, 0.4) is 0 Å². The molecule has 2 heterocycles. The van der Waals surface area contributed by atoms with E-state index in [-0.39, 0.29) is 10.9 Å². The molecule has 0 saturated heterocycles. The second kappa shape index (κ2) is 6.40. The van der Waals surface area contributed by atoms with E-state index in [1.165, 1.54) is 0 Å². The van der Waals surface area contributed by atoms with Crippen molar-refractivity contribution in [1.29, 1.82) is 5.26 Å². The Kier molecular flexibility index (Phi) is 4.46. The molecule has 0 unspecified atom stereocenters. The molecule has 2 aromatic rings. The number of rotatable bonds is 2. The molecule has 0 fully saturated rings. The van der Waals surface area contributed by atoms with Crippen LogP contribution >= 0.6 is 11.6 Å². The van der Waals surface area contributed by atoms with Crippen molar-refractivity contribution in [2.24, 2.45) is 0 Å². The van der Waals surface area contributed by atoms with Crippen molar-refractivity contribution >= 4 is 24.2 Å². The summed E-state index contributed by atoms with van der Waals surface area (Å²) < 4.78 is 1.89. The second-order valence-electron chi connectivity index (χ2n) is 5.92. The molecule has 6 heteroatoms. The van der Waals surface area contributed by atoms with Gasteiger partial charge in [0.05, 0.1) is 12.0 Å². The van der Waals surface area contributed by atoms with E-state index >= 15 is 0 Å². The minimum atomic E-state index is -1.31. The fraction of sp³-hybridized carbons (Fsp3) is 0.222. The number of hydrogen-bond acceptors (Lipinski definition) is 4. The summed E-state index contributed by atoms with van der Waals surface area (Å²) in [6, 6.07) is 14.7. The summed E-state index contributed by atoms with van der Waals surface area (Å²) in [4.78, 5) is 0. The van der Waals surface area contributed by atoms with E-state index < -0.39 is 11.8 Å². The molecule has 1 aromatic carbocycles. The molecule has 0 spiro atoms. The third-order valence-electron chi connectivity index (χ3n) is 4.22. The molecule has 1 aliphatic rings. The van der Waals surface area contributed by atoms with Gasteiger partial charge >= 0.3 is 0 Å². The summed E-state index contributed by atoms with van der Waals surface area (Å²) in [5, 5.41) is 24.4. The number of nitrogens with one attached hydrogen (secondary N) is 1. The topological polar surface area (TPSA) is 59.9 Å². The predicted octanol–water partition coefficient (Wildman–Crippen LogP) is 2.55. The number of pyridine rings is 1. The van der Waals surface area contributed by atoms with E-state index in [1.54, 1.807) is 19.1 Å². The largest absolute Gasteiger partial charge is 0.762 e. The first kappa shape index (κ1) is 16.7. The summed E-state index contributed by atoms with van der Waals surface area (Å²) >= 11 is 11.3. The number of aliphatic hydroxyl groups is 1. The monoisotopic (exact) mass is 357 g/mol. The van der Waals surface area contributed by atoms with Crippen LogP contribution in [0.1, 0.15) is 24.4 Å². The summed E-state index contributed by atoms with van der Waals surface area (Å²) in [7, 11) is 0. The smallest absolute Gasteiger partial charge is 0.216 e. The number of nitriles is 1. The van der Waals surface area contributed by atoms with Gasteiger partial charge in [0.1, 0.15) is 0 Å². The summed E-state index contributed by atoms with van der Waals surface area (Å²) in [6.45, 7) is 1.67. The Morgan fingerprint density at radius 3 is 2.46 bits per heavy atom. The van der Waals surface area contributed by atoms with Crippen molar-refractivity contribution in [1.82, 2.24) is 5.32 Å². The lowest BCUT2D eigenvalue weighted by atomic mass is 9.78. The molecule has 4 nitrogen and oxygen atoms in total. The second-order valence-corrected chi connectivity index (χ2v) is 6.77. The van der Waals surface area contributed by atoms with Crippen LogP contribution in [0.4, 0.5) is 0 Å². The van der Waals surface area contributed by atoms with Gasteiger partial charge in [-0.05, 0) is 24.6 Å². The van der Waals surface area contributed by atoms with E-state index in [2.05, 4.69) is 11.4 Å². The Balaban J connectivity index is 2.22. The Morgan fingerprint density at radius 1 is 1.25 bits per heavy atom. The van der Waals surface area contributed by atoms with E-state index in [4.69, 9.17) is 24.2 Å². The van der Waals surface area contributed by atoms with E-state index in [0.29, 0.717) is 10.6 Å². The zero-order chi connectivity index (χ0) is 17.3. The number of hydrogen-bond donors (Lipinski definition) is 2. The highest BCUT2D eigenvalue weighted by Gasteiger charge is 2.50. The number of benzene rings is 1. The van der Waals surface area contributed by atoms with Gasteiger partial charge in [-0.3, -0.25) is 0 Å². The molecule has 122 valence electrons. The lowest BCUT2D eigenvalue weighted by molar-refractivity contribution is -0.741. The van der Waals surface area contributed by atoms with Crippen LogP contribution in [-0.2, 0) is 12.6 Å². The average Bonchev–Trinajstić information content (AvgIpc) is 2.55. The summed E-state index contributed by atoms with van der Waals surface area (Å²) in [5.41, 5.74) is -0.00469. The number of nitrogens with zero attached hydrogens (tertiary/aromatic N) is 2. The fourth-order valence-electron chi connectivity index (χ4n) is 3.19. The van der Waals surface area contributed by atoms with Crippen molar-refractivity contribution in [3.8, 4) is 6.07 Å². The highest BCUT2D eigenvalue weighted by molar-refractivity contribution is 7.63. The summed E-state index contributed by atoms with van der Waals surface area (Å²) in [6.07, 6.45) is 3.74. The lowest BCUT2D eigenvalue weighted by Gasteiger charge is -2.43. The van der Waals surface area contributed by atoms with Crippen molar-refractivity contribution < 1.29 is 9.67 Å². The molecule has 0 radical (unpaired) electrons. The Morgan fingerprint density at radius 2 is 1.88 bits per heavy atom. The van der Waals surface area contributed by atoms with E-state index in [9.17, 15) is 10.4 Å². The van der Waals surface area contributed by atoms with Gasteiger partial charge < -0.3 is 23.1 Å². The van der Waals surface area contributed by atoms with Crippen LogP contribution in [0.2, 0.25) is 5.02 Å². The van der Waals surface area contributed by atoms with Gasteiger partial charge in [-0.25, -0.2) is 0 Å². The van der Waals surface area contributed by atoms with Crippen LogP contribution in [0.25, 0.3) is 0 Å². The first-order valence-corrected chi connectivity index (χ1v) is 8.26. The zero-order valence-corrected chi connectivity index (χ0v) is 14.6. The predicted molar refractivity (Wildman–Crippen MR) is 93.6 cm³/mol. The molecule has 0 saturated carbocycles. The van der Waals surface area contributed by atoms with Crippen LogP contribution in [0.5, 0.6) is 0 Å². The Bertz CT molecular complexity index is 812. The van der Waals surface area contributed by atoms with Crippen molar-refractivity contribution in [3.05, 3.63) is 76.0 Å². The highest BCUT2D eigenvalue weighted by Crippen LogP contribution is 2.42. The van der Waals surface area contributed by atoms with Crippen LogP contribution < -0.4 is 9.88 Å². The number of aromatic nitrogens is 1. The van der Waals surface area contributed by atoms with Crippen LogP contribution in [-0.4, -0.2) is 10.8 Å². The lowest BCUT2D eigenvalue weighted by Crippen LogP contribution is -2.63. The van der Waals surface area contributed by atoms with Crippen molar-refractivity contribution in [3.63, 3.8) is 0 Å². The maximum absolute atomic E-state index is 11.0. The molecule has 24 heavy (non-hydrogen) atoms. The highest BCUT2D eigenvalue weighted by atomic mass is 35.5.